The van der Waals surface area contributed by atoms with Crippen LogP contribution in [-0.4, -0.2) is 74.8 Å². The van der Waals surface area contributed by atoms with Crippen molar-refractivity contribution in [1.29, 1.82) is 0 Å². The summed E-state index contributed by atoms with van der Waals surface area (Å²) in [6, 6.07) is 3.26. The molecule has 0 aromatic heterocycles. The molecule has 1 aliphatic rings. The lowest BCUT2D eigenvalue weighted by atomic mass is 10.0. The Hall–Kier alpha value is -2.62. The van der Waals surface area contributed by atoms with Crippen molar-refractivity contribution in [3.8, 4) is 11.5 Å². The van der Waals surface area contributed by atoms with Gasteiger partial charge in [-0.2, -0.15) is 0 Å². The maximum atomic E-state index is 12.9. The van der Waals surface area contributed by atoms with E-state index >= 15 is 0 Å². The molecular formula is C23H34N2O7S. The van der Waals surface area contributed by atoms with Crippen molar-refractivity contribution < 1.29 is 32.3 Å². The van der Waals surface area contributed by atoms with Gasteiger partial charge in [0.05, 0.1) is 25.5 Å². The highest BCUT2D eigenvalue weighted by atomic mass is 32.2. The molecule has 33 heavy (non-hydrogen) atoms. The van der Waals surface area contributed by atoms with Gasteiger partial charge < -0.3 is 14.4 Å². The number of likely N-dealkylation sites (tertiary alicyclic amines) is 1. The molecule has 1 aromatic rings. The summed E-state index contributed by atoms with van der Waals surface area (Å²) in [6.45, 7) is 4.60. The zero-order valence-corrected chi connectivity index (χ0v) is 20.7. The van der Waals surface area contributed by atoms with Crippen LogP contribution in [0.5, 0.6) is 11.5 Å². The second-order valence-electron chi connectivity index (χ2n) is 8.07. The highest BCUT2D eigenvalue weighted by Gasteiger charge is 2.28. The highest BCUT2D eigenvalue weighted by molar-refractivity contribution is 7.89. The van der Waals surface area contributed by atoms with E-state index < -0.39 is 15.9 Å². The Morgan fingerprint density at radius 3 is 2.39 bits per heavy atom. The molecule has 1 aliphatic heterocycles. The molecule has 184 valence electrons. The van der Waals surface area contributed by atoms with E-state index in [4.69, 9.17) is 9.47 Å². The van der Waals surface area contributed by atoms with Crippen molar-refractivity contribution in [2.75, 3.05) is 39.6 Å². The summed E-state index contributed by atoms with van der Waals surface area (Å²) in [5, 5.41) is 0. The Bertz CT molecular complexity index is 975. The summed E-state index contributed by atoms with van der Waals surface area (Å²) in [7, 11) is -0.848. The molecule has 0 radical (unpaired) electrons. The standard InChI is InChI=1S/C23H34N2O7S/c1-5-14-33(29,30)25(13-7-12-24-11-6-8-22(24)27)23(28)10-9-19(26)18-16-20(31-3)17(2)15-21(18)32-4/h15-16H,5-14H2,1-4H3. The van der Waals surface area contributed by atoms with E-state index in [1.54, 1.807) is 24.0 Å². The predicted molar refractivity (Wildman–Crippen MR) is 124 cm³/mol. The van der Waals surface area contributed by atoms with Crippen LogP contribution in [0.4, 0.5) is 0 Å². The molecule has 9 nitrogen and oxygen atoms in total. The van der Waals surface area contributed by atoms with Crippen molar-refractivity contribution in [3.05, 3.63) is 23.3 Å². The van der Waals surface area contributed by atoms with Crippen LogP contribution >= 0.6 is 0 Å². The molecule has 1 fully saturated rings. The van der Waals surface area contributed by atoms with E-state index in [1.807, 2.05) is 6.92 Å². The molecular weight excluding hydrogens is 448 g/mol. The van der Waals surface area contributed by atoms with Crippen LogP contribution in [0.1, 0.15) is 61.4 Å². The second kappa shape index (κ2) is 12.0. The number of carbonyl (C=O) groups is 3. The van der Waals surface area contributed by atoms with E-state index in [9.17, 15) is 22.8 Å². The fourth-order valence-corrected chi connectivity index (χ4v) is 5.43. The number of hydrogen-bond donors (Lipinski definition) is 0. The smallest absolute Gasteiger partial charge is 0.237 e. The number of aryl methyl sites for hydroxylation is 1. The van der Waals surface area contributed by atoms with Crippen LogP contribution in [0.2, 0.25) is 0 Å². The number of methoxy groups -OCH3 is 2. The fourth-order valence-electron chi connectivity index (χ4n) is 3.88. The zero-order valence-electron chi connectivity index (χ0n) is 19.9. The van der Waals surface area contributed by atoms with Crippen LogP contribution in [0.3, 0.4) is 0 Å². The Morgan fingerprint density at radius 1 is 1.12 bits per heavy atom. The minimum Gasteiger partial charge on any atom is -0.496 e. The molecule has 0 atom stereocenters. The quantitative estimate of drug-likeness (QED) is 0.397. The van der Waals surface area contributed by atoms with Gasteiger partial charge in [0.2, 0.25) is 21.8 Å². The van der Waals surface area contributed by atoms with Crippen molar-refractivity contribution >= 4 is 27.6 Å². The van der Waals surface area contributed by atoms with Crippen LogP contribution < -0.4 is 9.47 Å². The average Bonchev–Trinajstić information content (AvgIpc) is 3.18. The number of carbonyl (C=O) groups excluding carboxylic acids is 3. The number of ether oxygens (including phenoxy) is 2. The highest BCUT2D eigenvalue weighted by Crippen LogP contribution is 2.29. The van der Waals surface area contributed by atoms with Gasteiger partial charge in [0.25, 0.3) is 0 Å². The molecule has 0 saturated carbocycles. The van der Waals surface area contributed by atoms with Gasteiger partial charge in [-0.15, -0.1) is 0 Å². The van der Waals surface area contributed by atoms with Crippen LogP contribution in [0.25, 0.3) is 0 Å². The van der Waals surface area contributed by atoms with E-state index in [2.05, 4.69) is 0 Å². The lowest BCUT2D eigenvalue weighted by Crippen LogP contribution is -2.40. The summed E-state index contributed by atoms with van der Waals surface area (Å²) in [6.07, 6.45) is 1.62. The Morgan fingerprint density at radius 2 is 1.82 bits per heavy atom. The molecule has 0 aliphatic carbocycles. The monoisotopic (exact) mass is 482 g/mol. The van der Waals surface area contributed by atoms with Gasteiger partial charge >= 0.3 is 0 Å². The third-order valence-electron chi connectivity index (χ3n) is 5.62. The van der Waals surface area contributed by atoms with E-state index in [0.717, 1.165) is 16.3 Å². The van der Waals surface area contributed by atoms with Gasteiger partial charge in [-0.3, -0.25) is 14.4 Å². The third-order valence-corrected chi connectivity index (χ3v) is 7.60. The normalized spacial score (nSPS) is 13.8. The van der Waals surface area contributed by atoms with Crippen LogP contribution in [0.15, 0.2) is 12.1 Å². The summed E-state index contributed by atoms with van der Waals surface area (Å²) in [5.41, 5.74) is 1.08. The third kappa shape index (κ3) is 6.93. The number of amides is 2. The molecule has 1 heterocycles. The minimum atomic E-state index is -3.80. The summed E-state index contributed by atoms with van der Waals surface area (Å²) >= 11 is 0. The van der Waals surface area contributed by atoms with Crippen molar-refractivity contribution in [1.82, 2.24) is 9.21 Å². The number of sulfonamides is 1. The van der Waals surface area contributed by atoms with Crippen molar-refractivity contribution in [2.45, 2.75) is 52.4 Å². The van der Waals surface area contributed by atoms with Crippen molar-refractivity contribution in [2.24, 2.45) is 0 Å². The van der Waals surface area contributed by atoms with Crippen molar-refractivity contribution in [3.63, 3.8) is 0 Å². The lowest BCUT2D eigenvalue weighted by Gasteiger charge is -2.24. The Balaban J connectivity index is 2.08. The van der Waals surface area contributed by atoms with Gasteiger partial charge in [-0.05, 0) is 43.9 Å². The summed E-state index contributed by atoms with van der Waals surface area (Å²) < 4.78 is 36.9. The lowest BCUT2D eigenvalue weighted by molar-refractivity contribution is -0.127. The molecule has 0 N–H and O–H groups in total. The zero-order chi connectivity index (χ0) is 24.6. The van der Waals surface area contributed by atoms with Gasteiger partial charge in [0.1, 0.15) is 11.5 Å². The Kier molecular flexibility index (Phi) is 9.70. The summed E-state index contributed by atoms with van der Waals surface area (Å²) in [4.78, 5) is 39.2. The molecule has 0 spiro atoms. The van der Waals surface area contributed by atoms with Gasteiger partial charge in [0, 0.05) is 38.9 Å². The number of ketones is 1. The number of nitrogens with zero attached hydrogens (tertiary/aromatic N) is 2. The largest absolute Gasteiger partial charge is 0.496 e. The topological polar surface area (TPSA) is 110 Å². The molecule has 2 rings (SSSR count). The fraction of sp³-hybridized carbons (Fsp3) is 0.609. The maximum Gasteiger partial charge on any atom is 0.237 e. The first-order valence-electron chi connectivity index (χ1n) is 11.2. The van der Waals surface area contributed by atoms with Gasteiger partial charge in [-0.25, -0.2) is 12.7 Å². The first kappa shape index (κ1) is 26.6. The number of rotatable bonds is 13. The van der Waals surface area contributed by atoms with Gasteiger partial charge in [-0.1, -0.05) is 6.92 Å². The molecule has 1 saturated heterocycles. The molecule has 0 bridgehead atoms. The molecule has 0 unspecified atom stereocenters. The summed E-state index contributed by atoms with van der Waals surface area (Å²) in [5.74, 6) is -0.169. The molecule has 2 amide bonds. The van der Waals surface area contributed by atoms with E-state index in [0.29, 0.717) is 43.9 Å². The van der Waals surface area contributed by atoms with Crippen LogP contribution in [-0.2, 0) is 19.6 Å². The van der Waals surface area contributed by atoms with E-state index in [1.165, 1.54) is 14.2 Å². The number of hydrogen-bond acceptors (Lipinski definition) is 7. The van der Waals surface area contributed by atoms with E-state index in [-0.39, 0.29) is 42.4 Å². The number of benzene rings is 1. The van der Waals surface area contributed by atoms with Gasteiger partial charge in [0.15, 0.2) is 5.78 Å². The first-order chi connectivity index (χ1) is 15.6. The van der Waals surface area contributed by atoms with Crippen LogP contribution in [0, 0.1) is 6.92 Å². The maximum absolute atomic E-state index is 12.9. The minimum absolute atomic E-state index is 0.0131. The average molecular weight is 483 g/mol. The molecule has 1 aromatic carbocycles. The first-order valence-corrected chi connectivity index (χ1v) is 12.8. The predicted octanol–water partition coefficient (Wildman–Crippen LogP) is 2.56. The number of Topliss-reactive ketones (excluding diaryl/α,β-unsaturated/α-hetero) is 1. The second-order valence-corrected chi connectivity index (χ2v) is 10.1. The SMILES string of the molecule is CCCS(=O)(=O)N(CCCN1CCCC1=O)C(=O)CCC(=O)c1cc(OC)c(C)cc1OC. The molecule has 10 heteroatoms. The Labute approximate surface area is 196 Å².